The van der Waals surface area contributed by atoms with Crippen LogP contribution in [0.15, 0.2) is 48.5 Å². The molecule has 26 heavy (non-hydrogen) atoms. The van der Waals surface area contributed by atoms with Gasteiger partial charge >= 0.3 is 0 Å². The molecule has 3 N–H and O–H groups in total. The van der Waals surface area contributed by atoms with Gasteiger partial charge in [-0.1, -0.05) is 24.1 Å². The molecule has 0 aromatic heterocycles. The quantitative estimate of drug-likeness (QED) is 0.673. The second-order valence-electron chi connectivity index (χ2n) is 6.30. The fourth-order valence-corrected chi connectivity index (χ4v) is 2.48. The van der Waals surface area contributed by atoms with Crippen molar-refractivity contribution < 1.29 is 9.59 Å². The van der Waals surface area contributed by atoms with E-state index in [4.69, 9.17) is 6.42 Å². The number of benzene rings is 2. The Kier molecular flexibility index (Phi) is 5.55. The summed E-state index contributed by atoms with van der Waals surface area (Å²) in [5.74, 6) is 2.36. The van der Waals surface area contributed by atoms with Crippen molar-refractivity contribution in [3.63, 3.8) is 0 Å². The molecule has 0 unspecified atom stereocenters. The molecule has 1 aliphatic carbocycles. The van der Waals surface area contributed by atoms with Crippen molar-refractivity contribution in [3.8, 4) is 12.3 Å². The van der Waals surface area contributed by atoms with Gasteiger partial charge in [0.25, 0.3) is 5.91 Å². The van der Waals surface area contributed by atoms with Crippen LogP contribution in [0.3, 0.4) is 0 Å². The van der Waals surface area contributed by atoms with E-state index in [-0.39, 0.29) is 18.4 Å². The van der Waals surface area contributed by atoms with Crippen LogP contribution in [0.25, 0.3) is 0 Å². The Balaban J connectivity index is 1.48. The summed E-state index contributed by atoms with van der Waals surface area (Å²) in [7, 11) is 0. The first kappa shape index (κ1) is 17.6. The predicted molar refractivity (Wildman–Crippen MR) is 102 cm³/mol. The smallest absolute Gasteiger partial charge is 0.251 e. The Morgan fingerprint density at radius 2 is 1.92 bits per heavy atom. The number of rotatable bonds is 7. The van der Waals surface area contributed by atoms with Gasteiger partial charge < -0.3 is 16.0 Å². The van der Waals surface area contributed by atoms with Crippen LogP contribution in [0.4, 0.5) is 5.69 Å². The van der Waals surface area contributed by atoms with Gasteiger partial charge in [-0.2, -0.15) is 0 Å². The molecule has 5 nitrogen and oxygen atoms in total. The third-order valence-electron chi connectivity index (χ3n) is 4.07. The van der Waals surface area contributed by atoms with Crippen LogP contribution in [0.2, 0.25) is 0 Å². The van der Waals surface area contributed by atoms with E-state index in [2.05, 4.69) is 21.9 Å². The first-order chi connectivity index (χ1) is 12.6. The number of amides is 2. The van der Waals surface area contributed by atoms with Gasteiger partial charge in [-0.15, -0.1) is 6.42 Å². The van der Waals surface area contributed by atoms with Gasteiger partial charge in [-0.25, -0.2) is 0 Å². The second kappa shape index (κ2) is 8.21. The van der Waals surface area contributed by atoms with Crippen LogP contribution < -0.4 is 16.0 Å². The zero-order chi connectivity index (χ0) is 18.4. The highest BCUT2D eigenvalue weighted by atomic mass is 16.2. The molecule has 0 spiro atoms. The molecule has 2 amide bonds. The summed E-state index contributed by atoms with van der Waals surface area (Å²) in [6.45, 7) is 0.519. The highest BCUT2D eigenvalue weighted by Crippen LogP contribution is 2.19. The van der Waals surface area contributed by atoms with E-state index in [1.807, 2.05) is 42.5 Å². The van der Waals surface area contributed by atoms with Gasteiger partial charge in [0, 0.05) is 29.4 Å². The fraction of sp³-hybridized carbons (Fsp3) is 0.238. The Morgan fingerprint density at radius 3 is 2.69 bits per heavy atom. The highest BCUT2D eigenvalue weighted by molar-refractivity contribution is 5.94. The summed E-state index contributed by atoms with van der Waals surface area (Å²) in [6.07, 6.45) is 7.47. The lowest BCUT2D eigenvalue weighted by Gasteiger charge is -2.09. The normalized spacial score (nSPS) is 12.7. The number of anilines is 1. The van der Waals surface area contributed by atoms with Crippen molar-refractivity contribution in [1.29, 1.82) is 0 Å². The Morgan fingerprint density at radius 1 is 1.12 bits per heavy atom. The first-order valence-electron chi connectivity index (χ1n) is 8.61. The van der Waals surface area contributed by atoms with Crippen molar-refractivity contribution in [2.45, 2.75) is 25.4 Å². The van der Waals surface area contributed by atoms with Crippen molar-refractivity contribution in [2.24, 2.45) is 0 Å². The highest BCUT2D eigenvalue weighted by Gasteiger charge is 2.23. The summed E-state index contributed by atoms with van der Waals surface area (Å²) in [6, 6.07) is 15.0. The van der Waals surface area contributed by atoms with Crippen LogP contribution in [0.5, 0.6) is 0 Å². The number of hydrogen-bond donors (Lipinski definition) is 3. The lowest BCUT2D eigenvalue weighted by molar-refractivity contribution is -0.119. The van der Waals surface area contributed by atoms with E-state index in [1.54, 1.807) is 6.07 Å². The van der Waals surface area contributed by atoms with Crippen molar-refractivity contribution in [2.75, 3.05) is 11.9 Å². The number of hydrogen-bond acceptors (Lipinski definition) is 3. The standard InChI is InChI=1S/C21H21N3O2/c1-2-15-5-4-8-19(12-15)22-14-20(25)23-13-16-6-3-7-17(11-16)21(26)24-18-9-10-18/h1,3-8,11-12,18,22H,9-10,13-14H2,(H,23,25)(H,24,26). The molecule has 0 heterocycles. The number of terminal acetylenes is 1. The number of carbonyl (C=O) groups excluding carboxylic acids is 2. The van der Waals surface area contributed by atoms with Gasteiger partial charge in [-0.05, 0) is 48.7 Å². The molecule has 132 valence electrons. The molecule has 2 aromatic carbocycles. The van der Waals surface area contributed by atoms with E-state index < -0.39 is 0 Å². The summed E-state index contributed by atoms with van der Waals surface area (Å²) < 4.78 is 0. The second-order valence-corrected chi connectivity index (χ2v) is 6.30. The molecule has 2 aromatic rings. The molecular formula is C21H21N3O2. The van der Waals surface area contributed by atoms with Crippen LogP contribution >= 0.6 is 0 Å². The average molecular weight is 347 g/mol. The topological polar surface area (TPSA) is 70.2 Å². The van der Waals surface area contributed by atoms with Gasteiger partial charge in [0.15, 0.2) is 0 Å². The minimum absolute atomic E-state index is 0.0595. The van der Waals surface area contributed by atoms with Crippen LogP contribution in [-0.2, 0) is 11.3 Å². The van der Waals surface area contributed by atoms with Crippen LogP contribution in [0.1, 0.15) is 34.3 Å². The Hall–Kier alpha value is -3.26. The zero-order valence-corrected chi connectivity index (χ0v) is 14.4. The fourth-order valence-electron chi connectivity index (χ4n) is 2.48. The molecule has 0 aliphatic heterocycles. The molecular weight excluding hydrogens is 326 g/mol. The largest absolute Gasteiger partial charge is 0.376 e. The number of carbonyl (C=O) groups is 2. The molecule has 1 fully saturated rings. The summed E-state index contributed by atoms with van der Waals surface area (Å²) in [5.41, 5.74) is 3.06. The third-order valence-corrected chi connectivity index (χ3v) is 4.07. The van der Waals surface area contributed by atoms with Gasteiger partial charge in [0.1, 0.15) is 0 Å². The summed E-state index contributed by atoms with van der Waals surface area (Å²) in [4.78, 5) is 24.1. The van der Waals surface area contributed by atoms with Crippen molar-refractivity contribution in [1.82, 2.24) is 10.6 Å². The summed E-state index contributed by atoms with van der Waals surface area (Å²) in [5, 5.41) is 8.85. The van der Waals surface area contributed by atoms with Crippen LogP contribution in [-0.4, -0.2) is 24.4 Å². The minimum atomic E-state index is -0.135. The maximum absolute atomic E-state index is 12.1. The maximum Gasteiger partial charge on any atom is 0.251 e. The molecule has 0 radical (unpaired) electrons. The monoisotopic (exact) mass is 347 g/mol. The van der Waals surface area contributed by atoms with E-state index in [0.29, 0.717) is 18.2 Å². The van der Waals surface area contributed by atoms with E-state index in [9.17, 15) is 9.59 Å². The molecule has 0 bridgehead atoms. The molecule has 0 atom stereocenters. The lowest BCUT2D eigenvalue weighted by Crippen LogP contribution is -2.29. The molecule has 0 saturated heterocycles. The molecule has 5 heteroatoms. The minimum Gasteiger partial charge on any atom is -0.376 e. The Bertz CT molecular complexity index is 850. The maximum atomic E-state index is 12.1. The molecule has 3 rings (SSSR count). The molecule has 1 saturated carbocycles. The first-order valence-corrected chi connectivity index (χ1v) is 8.61. The molecule has 1 aliphatic rings. The SMILES string of the molecule is C#Cc1cccc(NCC(=O)NCc2cccc(C(=O)NC3CC3)c2)c1. The van der Waals surface area contributed by atoms with Crippen LogP contribution in [0, 0.1) is 12.3 Å². The third kappa shape index (κ3) is 5.12. The summed E-state index contributed by atoms with van der Waals surface area (Å²) >= 11 is 0. The lowest BCUT2D eigenvalue weighted by atomic mass is 10.1. The average Bonchev–Trinajstić information content (AvgIpc) is 3.49. The van der Waals surface area contributed by atoms with Gasteiger partial charge in [-0.3, -0.25) is 9.59 Å². The van der Waals surface area contributed by atoms with E-state index >= 15 is 0 Å². The Labute approximate surface area is 153 Å². The van der Waals surface area contributed by atoms with E-state index in [1.165, 1.54) is 0 Å². The predicted octanol–water partition coefficient (Wildman–Crippen LogP) is 2.29. The zero-order valence-electron chi connectivity index (χ0n) is 14.4. The van der Waals surface area contributed by atoms with Gasteiger partial charge in [0.2, 0.25) is 5.91 Å². The van der Waals surface area contributed by atoms with Crippen molar-refractivity contribution >= 4 is 17.5 Å². The van der Waals surface area contributed by atoms with Gasteiger partial charge in [0.05, 0.1) is 6.54 Å². The van der Waals surface area contributed by atoms with Crippen molar-refractivity contribution in [3.05, 3.63) is 65.2 Å². The number of nitrogens with one attached hydrogen (secondary N) is 3. The van der Waals surface area contributed by atoms with E-state index in [0.717, 1.165) is 29.7 Å².